The van der Waals surface area contributed by atoms with Crippen molar-refractivity contribution in [2.45, 2.75) is 6.92 Å². The van der Waals surface area contributed by atoms with Gasteiger partial charge in [0.25, 0.3) is 0 Å². The van der Waals surface area contributed by atoms with Gasteiger partial charge in [0.15, 0.2) is 0 Å². The Morgan fingerprint density at radius 1 is 1.64 bits per heavy atom. The number of rotatable bonds is 4. The lowest BCUT2D eigenvalue weighted by atomic mass is 10.6. The standard InChI is InChI=1S/C7H14N2O2/c1-3-5-11-6-4-9-7(10)8-2/h3,5H,4,6H2,1-2H3,(H2,8,9,10)/b5-3+. The molecule has 11 heavy (non-hydrogen) atoms. The van der Waals surface area contributed by atoms with Crippen LogP contribution in [0.1, 0.15) is 6.92 Å². The molecule has 2 N–H and O–H groups in total. The van der Waals surface area contributed by atoms with E-state index in [1.165, 1.54) is 0 Å². The number of carbonyl (C=O) groups excluding carboxylic acids is 1. The van der Waals surface area contributed by atoms with E-state index in [0.717, 1.165) is 0 Å². The van der Waals surface area contributed by atoms with Gasteiger partial charge in [-0.2, -0.15) is 0 Å². The van der Waals surface area contributed by atoms with Gasteiger partial charge < -0.3 is 15.4 Å². The van der Waals surface area contributed by atoms with Crippen LogP contribution in [0.3, 0.4) is 0 Å². The number of urea groups is 1. The van der Waals surface area contributed by atoms with Crippen molar-refractivity contribution in [3.05, 3.63) is 12.3 Å². The van der Waals surface area contributed by atoms with Crippen LogP contribution in [0.15, 0.2) is 12.3 Å². The van der Waals surface area contributed by atoms with E-state index in [9.17, 15) is 4.79 Å². The van der Waals surface area contributed by atoms with Crippen molar-refractivity contribution in [1.82, 2.24) is 10.6 Å². The van der Waals surface area contributed by atoms with Crippen LogP contribution in [-0.2, 0) is 4.74 Å². The van der Waals surface area contributed by atoms with Crippen LogP contribution in [-0.4, -0.2) is 26.2 Å². The summed E-state index contributed by atoms with van der Waals surface area (Å²) in [7, 11) is 1.57. The molecule has 0 saturated heterocycles. The fourth-order valence-corrected chi connectivity index (χ4v) is 0.476. The molecule has 0 aromatic heterocycles. The Morgan fingerprint density at radius 3 is 2.91 bits per heavy atom. The minimum absolute atomic E-state index is 0.186. The molecule has 0 heterocycles. The van der Waals surface area contributed by atoms with Gasteiger partial charge in [0.2, 0.25) is 0 Å². The fourth-order valence-electron chi connectivity index (χ4n) is 0.476. The second-order valence-corrected chi connectivity index (χ2v) is 1.85. The average Bonchev–Trinajstić information content (AvgIpc) is 2.04. The fraction of sp³-hybridized carbons (Fsp3) is 0.571. The number of nitrogens with one attached hydrogen (secondary N) is 2. The predicted molar refractivity (Wildman–Crippen MR) is 43.2 cm³/mol. The summed E-state index contributed by atoms with van der Waals surface area (Å²) in [6, 6.07) is -0.186. The molecule has 0 aromatic carbocycles. The van der Waals surface area contributed by atoms with E-state index < -0.39 is 0 Å². The largest absolute Gasteiger partial charge is 0.500 e. The average molecular weight is 158 g/mol. The van der Waals surface area contributed by atoms with E-state index in [-0.39, 0.29) is 6.03 Å². The van der Waals surface area contributed by atoms with Crippen LogP contribution >= 0.6 is 0 Å². The molecule has 0 rings (SSSR count). The number of carbonyl (C=O) groups is 1. The highest BCUT2D eigenvalue weighted by atomic mass is 16.5. The Bertz CT molecular complexity index is 134. The van der Waals surface area contributed by atoms with Crippen LogP contribution in [0.25, 0.3) is 0 Å². The second-order valence-electron chi connectivity index (χ2n) is 1.85. The molecule has 0 aliphatic heterocycles. The van der Waals surface area contributed by atoms with Gasteiger partial charge in [0, 0.05) is 7.05 Å². The first-order valence-electron chi connectivity index (χ1n) is 3.49. The normalized spacial score (nSPS) is 9.64. The van der Waals surface area contributed by atoms with Crippen LogP contribution in [0.2, 0.25) is 0 Å². The summed E-state index contributed by atoms with van der Waals surface area (Å²) in [5.41, 5.74) is 0. The Morgan fingerprint density at radius 2 is 2.36 bits per heavy atom. The van der Waals surface area contributed by atoms with E-state index in [2.05, 4.69) is 10.6 Å². The molecule has 0 aromatic rings. The number of hydrogen-bond acceptors (Lipinski definition) is 2. The summed E-state index contributed by atoms with van der Waals surface area (Å²) < 4.78 is 4.95. The lowest BCUT2D eigenvalue weighted by Gasteiger charge is -2.02. The molecular weight excluding hydrogens is 144 g/mol. The smallest absolute Gasteiger partial charge is 0.314 e. The van der Waals surface area contributed by atoms with E-state index in [1.807, 2.05) is 6.92 Å². The SMILES string of the molecule is C/C=C/OCCNC(=O)NC. The molecular formula is C7H14N2O2. The van der Waals surface area contributed by atoms with Crippen LogP contribution in [0.4, 0.5) is 4.79 Å². The Kier molecular flexibility index (Phi) is 6.17. The topological polar surface area (TPSA) is 50.4 Å². The van der Waals surface area contributed by atoms with Gasteiger partial charge in [0.05, 0.1) is 12.8 Å². The maximum atomic E-state index is 10.5. The molecule has 64 valence electrons. The van der Waals surface area contributed by atoms with Crippen molar-refractivity contribution in [2.24, 2.45) is 0 Å². The van der Waals surface area contributed by atoms with Crippen molar-refractivity contribution in [3.8, 4) is 0 Å². The molecule has 0 saturated carbocycles. The minimum Gasteiger partial charge on any atom is -0.500 e. The maximum absolute atomic E-state index is 10.5. The third kappa shape index (κ3) is 6.70. The summed E-state index contributed by atoms with van der Waals surface area (Å²) in [6.07, 6.45) is 3.38. The Hall–Kier alpha value is -1.19. The van der Waals surface area contributed by atoms with Crippen molar-refractivity contribution in [1.29, 1.82) is 0 Å². The zero-order chi connectivity index (χ0) is 8.53. The van der Waals surface area contributed by atoms with Crippen molar-refractivity contribution in [2.75, 3.05) is 20.2 Å². The quantitative estimate of drug-likeness (QED) is 0.461. The number of hydrogen-bond donors (Lipinski definition) is 2. The highest BCUT2D eigenvalue weighted by molar-refractivity contribution is 5.73. The third-order valence-electron chi connectivity index (χ3n) is 0.965. The summed E-state index contributed by atoms with van der Waals surface area (Å²) in [6.45, 7) is 2.88. The molecule has 0 spiro atoms. The van der Waals surface area contributed by atoms with E-state index in [1.54, 1.807) is 19.4 Å². The molecule has 0 fully saturated rings. The van der Waals surface area contributed by atoms with E-state index >= 15 is 0 Å². The van der Waals surface area contributed by atoms with Gasteiger partial charge in [-0.05, 0) is 6.92 Å². The van der Waals surface area contributed by atoms with E-state index in [0.29, 0.717) is 13.2 Å². The summed E-state index contributed by atoms with van der Waals surface area (Å²) in [5.74, 6) is 0. The van der Waals surface area contributed by atoms with Crippen LogP contribution in [0, 0.1) is 0 Å². The van der Waals surface area contributed by atoms with Gasteiger partial charge in [-0.1, -0.05) is 6.08 Å². The number of allylic oxidation sites excluding steroid dienone is 1. The van der Waals surface area contributed by atoms with Gasteiger partial charge >= 0.3 is 6.03 Å². The predicted octanol–water partition coefficient (Wildman–Crippen LogP) is 0.466. The molecule has 4 heteroatoms. The van der Waals surface area contributed by atoms with E-state index in [4.69, 9.17) is 4.74 Å². The summed E-state index contributed by atoms with van der Waals surface area (Å²) >= 11 is 0. The molecule has 0 aliphatic carbocycles. The van der Waals surface area contributed by atoms with Gasteiger partial charge in [0.1, 0.15) is 6.61 Å². The Labute approximate surface area is 66.6 Å². The monoisotopic (exact) mass is 158 g/mol. The first kappa shape index (κ1) is 9.81. The second kappa shape index (κ2) is 6.92. The van der Waals surface area contributed by atoms with Crippen LogP contribution < -0.4 is 10.6 Å². The number of ether oxygens (including phenoxy) is 1. The lowest BCUT2D eigenvalue weighted by Crippen LogP contribution is -2.34. The highest BCUT2D eigenvalue weighted by Gasteiger charge is 1.91. The van der Waals surface area contributed by atoms with Crippen molar-refractivity contribution >= 4 is 6.03 Å². The van der Waals surface area contributed by atoms with Gasteiger partial charge in [-0.3, -0.25) is 0 Å². The van der Waals surface area contributed by atoms with Crippen molar-refractivity contribution in [3.63, 3.8) is 0 Å². The summed E-state index contributed by atoms with van der Waals surface area (Å²) in [5, 5.41) is 5.01. The highest BCUT2D eigenvalue weighted by Crippen LogP contribution is 1.74. The minimum atomic E-state index is -0.186. The first-order valence-corrected chi connectivity index (χ1v) is 3.49. The molecule has 4 nitrogen and oxygen atoms in total. The molecule has 2 amide bonds. The molecule has 0 radical (unpaired) electrons. The number of amides is 2. The molecule has 0 unspecified atom stereocenters. The molecule has 0 aliphatic rings. The Balaban J connectivity index is 3.08. The zero-order valence-electron chi connectivity index (χ0n) is 6.89. The zero-order valence-corrected chi connectivity index (χ0v) is 6.89. The van der Waals surface area contributed by atoms with Crippen molar-refractivity contribution < 1.29 is 9.53 Å². The third-order valence-corrected chi connectivity index (χ3v) is 0.965. The maximum Gasteiger partial charge on any atom is 0.314 e. The molecule has 0 bridgehead atoms. The van der Waals surface area contributed by atoms with Gasteiger partial charge in [-0.25, -0.2) is 4.79 Å². The van der Waals surface area contributed by atoms with Gasteiger partial charge in [-0.15, -0.1) is 0 Å². The first-order chi connectivity index (χ1) is 5.31. The lowest BCUT2D eigenvalue weighted by molar-refractivity contribution is 0.227. The molecule has 0 atom stereocenters. The van der Waals surface area contributed by atoms with Crippen LogP contribution in [0.5, 0.6) is 0 Å². The summed E-state index contributed by atoms with van der Waals surface area (Å²) in [4.78, 5) is 10.5.